The smallest absolute Gasteiger partial charge is 1.00 e. The first kappa shape index (κ1) is 16.5. The van der Waals surface area contributed by atoms with Crippen LogP contribution in [-0.4, -0.2) is 13.7 Å². The molecule has 0 aromatic rings. The van der Waals surface area contributed by atoms with Gasteiger partial charge in [0.25, 0.3) is 0 Å². The molecule has 1 nitrogen and oxygen atoms in total. The van der Waals surface area contributed by atoms with Crippen molar-refractivity contribution in [1.82, 2.24) is 0 Å². The molecule has 0 N–H and O–H groups in total. The maximum atomic E-state index is 4.78. The Labute approximate surface area is 99.1 Å². The van der Waals surface area contributed by atoms with Gasteiger partial charge in [0, 0.05) is 13.7 Å². The molecule has 0 amide bonds. The molecule has 0 unspecified atom stereocenters. The zero-order valence-corrected chi connectivity index (χ0v) is 10.5. The molecule has 0 saturated heterocycles. The summed E-state index contributed by atoms with van der Waals surface area (Å²) in [7, 11) is 1.73. The summed E-state index contributed by atoms with van der Waals surface area (Å²) in [5, 5.41) is 0. The second-order valence-corrected chi connectivity index (χ2v) is 1.35. The minimum atomic E-state index is 0. The summed E-state index contributed by atoms with van der Waals surface area (Å²) in [6.07, 6.45) is 2.42. The van der Waals surface area contributed by atoms with Crippen LogP contribution in [0, 0.1) is 0 Å². The van der Waals surface area contributed by atoms with E-state index in [1.807, 2.05) is 0 Å². The first-order valence-corrected chi connectivity index (χ1v) is 2.40. The molecule has 0 aliphatic rings. The zero-order chi connectivity index (χ0) is 4.83. The van der Waals surface area contributed by atoms with E-state index in [4.69, 9.17) is 4.74 Å². The SMILES string of the molecule is CCCCOC.[H-].[H-].[Na+].[Na+]. The molecule has 0 aromatic heterocycles. The quantitative estimate of drug-likeness (QED) is 0.281. The van der Waals surface area contributed by atoms with Crippen molar-refractivity contribution >= 4 is 0 Å². The van der Waals surface area contributed by atoms with Gasteiger partial charge in [-0.3, -0.25) is 0 Å². The summed E-state index contributed by atoms with van der Waals surface area (Å²) in [5.74, 6) is 0. The Morgan fingerprint density at radius 2 is 1.88 bits per heavy atom. The van der Waals surface area contributed by atoms with Gasteiger partial charge in [-0.05, 0) is 6.42 Å². The van der Waals surface area contributed by atoms with E-state index >= 15 is 0 Å². The van der Waals surface area contributed by atoms with Crippen LogP contribution >= 0.6 is 0 Å². The van der Waals surface area contributed by atoms with Crippen LogP contribution in [-0.2, 0) is 4.74 Å². The molecule has 0 radical (unpaired) electrons. The van der Waals surface area contributed by atoms with E-state index < -0.39 is 0 Å². The van der Waals surface area contributed by atoms with Crippen molar-refractivity contribution in [2.75, 3.05) is 13.7 Å². The molecular weight excluding hydrogens is 122 g/mol. The Morgan fingerprint density at radius 1 is 1.38 bits per heavy atom. The predicted molar refractivity (Wildman–Crippen MR) is 29.0 cm³/mol. The first-order valence-electron chi connectivity index (χ1n) is 2.40. The normalized spacial score (nSPS) is 6.75. The van der Waals surface area contributed by atoms with Crippen molar-refractivity contribution in [1.29, 1.82) is 0 Å². The van der Waals surface area contributed by atoms with E-state index in [1.165, 1.54) is 12.8 Å². The Bertz CT molecular complexity index is 29.6. The van der Waals surface area contributed by atoms with Gasteiger partial charge >= 0.3 is 59.1 Å². The standard InChI is InChI=1S/C5H12O.2Na.2H/c1-3-4-5-6-2;;;;/h3-5H2,1-2H3;;;;/q;2*+1;2*-1. The van der Waals surface area contributed by atoms with Crippen LogP contribution in [0.1, 0.15) is 22.6 Å². The predicted octanol–water partition coefficient (Wildman–Crippen LogP) is -4.33. The largest absolute Gasteiger partial charge is 1.00 e. The minimum absolute atomic E-state index is 0. The summed E-state index contributed by atoms with van der Waals surface area (Å²) in [6.45, 7) is 3.07. The van der Waals surface area contributed by atoms with E-state index in [9.17, 15) is 0 Å². The van der Waals surface area contributed by atoms with Crippen LogP contribution in [0.4, 0.5) is 0 Å². The third-order valence-corrected chi connectivity index (χ3v) is 0.702. The van der Waals surface area contributed by atoms with Crippen molar-refractivity contribution in [2.24, 2.45) is 0 Å². The molecule has 0 bridgehead atoms. The van der Waals surface area contributed by atoms with Crippen molar-refractivity contribution in [3.05, 3.63) is 0 Å². The maximum absolute atomic E-state index is 4.78. The van der Waals surface area contributed by atoms with Gasteiger partial charge in [-0.25, -0.2) is 0 Å². The van der Waals surface area contributed by atoms with Crippen molar-refractivity contribution in [2.45, 2.75) is 19.8 Å². The second kappa shape index (κ2) is 16.0. The molecule has 0 aliphatic carbocycles. The van der Waals surface area contributed by atoms with E-state index in [-0.39, 0.29) is 62.0 Å². The molecule has 3 heteroatoms. The fourth-order valence-corrected chi connectivity index (χ4v) is 0.289. The maximum Gasteiger partial charge on any atom is 1.00 e. The van der Waals surface area contributed by atoms with Crippen molar-refractivity contribution in [3.8, 4) is 0 Å². The molecule has 0 rings (SSSR count). The number of methoxy groups -OCH3 is 1. The van der Waals surface area contributed by atoms with Gasteiger partial charge in [0.05, 0.1) is 0 Å². The summed E-state index contributed by atoms with van der Waals surface area (Å²) >= 11 is 0. The molecule has 0 saturated carbocycles. The molecule has 0 aliphatic heterocycles. The zero-order valence-electron chi connectivity index (χ0n) is 8.53. The average Bonchev–Trinajstić information content (AvgIpc) is 1.61. The number of ether oxygens (including phenoxy) is 1. The molecule has 0 spiro atoms. The molecule has 8 heavy (non-hydrogen) atoms. The fourth-order valence-electron chi connectivity index (χ4n) is 0.289. The van der Waals surface area contributed by atoms with Crippen LogP contribution in [0.5, 0.6) is 0 Å². The second-order valence-electron chi connectivity index (χ2n) is 1.35. The van der Waals surface area contributed by atoms with Gasteiger partial charge in [-0.1, -0.05) is 13.3 Å². The number of hydrogen-bond acceptors (Lipinski definition) is 1. The Hall–Kier alpha value is 1.96. The summed E-state index contributed by atoms with van der Waals surface area (Å²) in [4.78, 5) is 0. The van der Waals surface area contributed by atoms with E-state index in [0.29, 0.717) is 0 Å². The Morgan fingerprint density at radius 3 is 2.00 bits per heavy atom. The third-order valence-electron chi connectivity index (χ3n) is 0.702. The number of rotatable bonds is 3. The van der Waals surface area contributed by atoms with Crippen LogP contribution in [0.3, 0.4) is 0 Å². The topological polar surface area (TPSA) is 9.23 Å². The summed E-state index contributed by atoms with van der Waals surface area (Å²) < 4.78 is 4.78. The number of unbranched alkanes of at least 4 members (excludes halogenated alkanes) is 1. The molecule has 0 fully saturated rings. The molecule has 0 atom stereocenters. The van der Waals surface area contributed by atoms with Crippen molar-refractivity contribution in [3.63, 3.8) is 0 Å². The molecule has 0 heterocycles. The third kappa shape index (κ3) is 15.7. The van der Waals surface area contributed by atoms with Gasteiger partial charge in [0.1, 0.15) is 0 Å². The van der Waals surface area contributed by atoms with Crippen LogP contribution in [0.25, 0.3) is 0 Å². The van der Waals surface area contributed by atoms with Gasteiger partial charge in [-0.15, -0.1) is 0 Å². The Kier molecular flexibility index (Phi) is 33.0. The average molecular weight is 136 g/mol. The molecule has 42 valence electrons. The van der Waals surface area contributed by atoms with Crippen molar-refractivity contribution < 1.29 is 66.7 Å². The monoisotopic (exact) mass is 136 g/mol. The van der Waals surface area contributed by atoms with Gasteiger partial charge < -0.3 is 7.59 Å². The summed E-state index contributed by atoms with van der Waals surface area (Å²) in [6, 6.07) is 0. The van der Waals surface area contributed by atoms with Gasteiger partial charge in [0.15, 0.2) is 0 Å². The Balaban J connectivity index is -0.0000000208. The van der Waals surface area contributed by atoms with E-state index in [0.717, 1.165) is 6.61 Å². The minimum Gasteiger partial charge on any atom is -1.00 e. The number of hydrogen-bond donors (Lipinski definition) is 0. The van der Waals surface area contributed by atoms with Crippen LogP contribution in [0.2, 0.25) is 0 Å². The molecule has 0 aromatic carbocycles. The first-order chi connectivity index (χ1) is 2.91. The van der Waals surface area contributed by atoms with E-state index in [1.54, 1.807) is 7.11 Å². The van der Waals surface area contributed by atoms with Gasteiger partial charge in [0.2, 0.25) is 0 Å². The summed E-state index contributed by atoms with van der Waals surface area (Å²) in [5.41, 5.74) is 0. The fraction of sp³-hybridized carbons (Fsp3) is 1.00. The van der Waals surface area contributed by atoms with E-state index in [2.05, 4.69) is 6.92 Å². The van der Waals surface area contributed by atoms with Gasteiger partial charge in [-0.2, -0.15) is 0 Å². The van der Waals surface area contributed by atoms with Crippen LogP contribution in [0.15, 0.2) is 0 Å². The molecular formula is C5H14Na2O. The van der Waals surface area contributed by atoms with Crippen LogP contribution < -0.4 is 59.1 Å².